The molecule has 0 aliphatic heterocycles. The van der Waals surface area contributed by atoms with Gasteiger partial charge in [0.1, 0.15) is 0 Å². The molecule has 1 unspecified atom stereocenters. The average Bonchev–Trinajstić information content (AvgIpc) is 2.23. The highest BCUT2D eigenvalue weighted by molar-refractivity contribution is 5.89. The summed E-state index contributed by atoms with van der Waals surface area (Å²) in [6.07, 6.45) is 1.03. The van der Waals surface area contributed by atoms with E-state index in [9.17, 15) is 4.79 Å². The highest BCUT2D eigenvalue weighted by Crippen LogP contribution is 2.03. The number of nitrogens with two attached hydrogens (primary N) is 1. The molecule has 0 bridgehead atoms. The number of hydrogen-bond donors (Lipinski definition) is 2. The Morgan fingerprint density at radius 1 is 1.38 bits per heavy atom. The van der Waals surface area contributed by atoms with Gasteiger partial charge in [-0.25, -0.2) is 4.98 Å². The Hall–Kier alpha value is -1.56. The molecule has 1 atom stereocenters. The van der Waals surface area contributed by atoms with Gasteiger partial charge in [-0.2, -0.15) is 5.10 Å². The molecule has 0 radical (unpaired) electrons. The van der Waals surface area contributed by atoms with Crippen molar-refractivity contribution in [2.45, 2.75) is 39.7 Å². The van der Waals surface area contributed by atoms with Gasteiger partial charge in [0.05, 0.1) is 11.4 Å². The molecule has 0 aliphatic rings. The SMILES string of the molecule is CCC(N)CC(=O)Nc1nnc(C)c(C)n1. The summed E-state index contributed by atoms with van der Waals surface area (Å²) in [4.78, 5) is 15.6. The van der Waals surface area contributed by atoms with Crippen LogP contribution in [-0.4, -0.2) is 27.1 Å². The average molecular weight is 223 g/mol. The van der Waals surface area contributed by atoms with Crippen LogP contribution in [-0.2, 0) is 4.79 Å². The predicted molar refractivity (Wildman–Crippen MR) is 60.8 cm³/mol. The van der Waals surface area contributed by atoms with Crippen LogP contribution >= 0.6 is 0 Å². The maximum atomic E-state index is 11.5. The minimum Gasteiger partial charge on any atom is -0.327 e. The fourth-order valence-corrected chi connectivity index (χ4v) is 1.07. The Labute approximate surface area is 94.7 Å². The van der Waals surface area contributed by atoms with E-state index in [2.05, 4.69) is 20.5 Å². The molecule has 1 rings (SSSR count). The molecule has 6 nitrogen and oxygen atoms in total. The number of carbonyl (C=O) groups is 1. The molecule has 6 heteroatoms. The van der Waals surface area contributed by atoms with Crippen LogP contribution in [0.2, 0.25) is 0 Å². The third-order valence-electron chi connectivity index (χ3n) is 2.32. The smallest absolute Gasteiger partial charge is 0.249 e. The number of anilines is 1. The molecule has 0 saturated heterocycles. The molecule has 0 fully saturated rings. The third kappa shape index (κ3) is 3.54. The summed E-state index contributed by atoms with van der Waals surface area (Å²) in [6.45, 7) is 5.57. The van der Waals surface area contributed by atoms with Gasteiger partial charge in [0.15, 0.2) is 0 Å². The lowest BCUT2D eigenvalue weighted by Gasteiger charge is -2.08. The fraction of sp³-hybridized carbons (Fsp3) is 0.600. The summed E-state index contributed by atoms with van der Waals surface area (Å²) in [7, 11) is 0. The number of hydrogen-bond acceptors (Lipinski definition) is 5. The minimum atomic E-state index is -0.181. The molecule has 88 valence electrons. The molecular formula is C10H17N5O. The van der Waals surface area contributed by atoms with Crippen molar-refractivity contribution >= 4 is 11.9 Å². The Balaban J connectivity index is 2.59. The summed E-state index contributed by atoms with van der Waals surface area (Å²) in [5, 5.41) is 10.2. The first-order chi connectivity index (χ1) is 7.52. The minimum absolute atomic E-state index is 0.125. The molecular weight excluding hydrogens is 206 g/mol. The van der Waals surface area contributed by atoms with Gasteiger partial charge >= 0.3 is 0 Å². The molecule has 1 aromatic heterocycles. The largest absolute Gasteiger partial charge is 0.327 e. The van der Waals surface area contributed by atoms with Crippen molar-refractivity contribution in [2.24, 2.45) is 5.73 Å². The number of nitrogens with zero attached hydrogens (tertiary/aromatic N) is 3. The number of nitrogens with one attached hydrogen (secondary N) is 1. The highest BCUT2D eigenvalue weighted by atomic mass is 16.1. The van der Waals surface area contributed by atoms with E-state index in [1.807, 2.05) is 20.8 Å². The lowest BCUT2D eigenvalue weighted by molar-refractivity contribution is -0.116. The van der Waals surface area contributed by atoms with Crippen LogP contribution in [0.3, 0.4) is 0 Å². The lowest BCUT2D eigenvalue weighted by Crippen LogP contribution is -2.27. The van der Waals surface area contributed by atoms with Crippen LogP contribution < -0.4 is 11.1 Å². The fourth-order valence-electron chi connectivity index (χ4n) is 1.07. The molecule has 0 aromatic carbocycles. The first-order valence-electron chi connectivity index (χ1n) is 5.26. The van der Waals surface area contributed by atoms with Crippen molar-refractivity contribution in [3.05, 3.63) is 11.4 Å². The number of carbonyl (C=O) groups excluding carboxylic acids is 1. The quantitative estimate of drug-likeness (QED) is 0.777. The van der Waals surface area contributed by atoms with Gasteiger partial charge < -0.3 is 5.73 Å². The Bertz CT molecular complexity index is 379. The van der Waals surface area contributed by atoms with Crippen molar-refractivity contribution in [1.29, 1.82) is 0 Å². The van der Waals surface area contributed by atoms with E-state index in [0.29, 0.717) is 0 Å². The number of aromatic nitrogens is 3. The number of aryl methyl sites for hydroxylation is 2. The maximum Gasteiger partial charge on any atom is 0.249 e. The lowest BCUT2D eigenvalue weighted by atomic mass is 10.1. The van der Waals surface area contributed by atoms with Crippen LogP contribution in [0.4, 0.5) is 5.95 Å². The van der Waals surface area contributed by atoms with Crippen molar-refractivity contribution < 1.29 is 4.79 Å². The van der Waals surface area contributed by atoms with Gasteiger partial charge in [-0.05, 0) is 20.3 Å². The summed E-state index contributed by atoms with van der Waals surface area (Å²) in [5.74, 6) is 0.0517. The van der Waals surface area contributed by atoms with E-state index in [1.54, 1.807) is 0 Å². The molecule has 0 saturated carbocycles. The van der Waals surface area contributed by atoms with Gasteiger partial charge in [-0.15, -0.1) is 5.10 Å². The monoisotopic (exact) mass is 223 g/mol. The highest BCUT2D eigenvalue weighted by Gasteiger charge is 2.10. The van der Waals surface area contributed by atoms with Crippen LogP contribution in [0.15, 0.2) is 0 Å². The standard InChI is InChI=1S/C10H17N5O/c1-4-8(11)5-9(16)13-10-12-6(2)7(3)14-15-10/h8H,4-5,11H2,1-3H3,(H,12,13,15,16). The van der Waals surface area contributed by atoms with E-state index in [-0.39, 0.29) is 24.3 Å². The summed E-state index contributed by atoms with van der Waals surface area (Å²) in [6, 6.07) is -0.125. The van der Waals surface area contributed by atoms with Crippen molar-refractivity contribution in [3.8, 4) is 0 Å². The van der Waals surface area contributed by atoms with Crippen LogP contribution in [0, 0.1) is 13.8 Å². The van der Waals surface area contributed by atoms with Crippen LogP contribution in [0.1, 0.15) is 31.2 Å². The normalized spacial score (nSPS) is 12.2. The second-order valence-electron chi connectivity index (χ2n) is 3.73. The number of rotatable bonds is 4. The zero-order valence-corrected chi connectivity index (χ0v) is 9.82. The zero-order chi connectivity index (χ0) is 12.1. The Kier molecular flexibility index (Phi) is 4.30. The maximum absolute atomic E-state index is 11.5. The summed E-state index contributed by atoms with van der Waals surface area (Å²) in [5.41, 5.74) is 7.17. The Morgan fingerprint density at radius 2 is 2.06 bits per heavy atom. The van der Waals surface area contributed by atoms with Crippen molar-refractivity contribution in [2.75, 3.05) is 5.32 Å². The van der Waals surface area contributed by atoms with Gasteiger partial charge in [-0.3, -0.25) is 10.1 Å². The molecule has 16 heavy (non-hydrogen) atoms. The van der Waals surface area contributed by atoms with Crippen molar-refractivity contribution in [1.82, 2.24) is 15.2 Å². The summed E-state index contributed by atoms with van der Waals surface area (Å²) >= 11 is 0. The van der Waals surface area contributed by atoms with Gasteiger partial charge in [0.2, 0.25) is 11.9 Å². The van der Waals surface area contributed by atoms with E-state index < -0.39 is 0 Å². The van der Waals surface area contributed by atoms with E-state index >= 15 is 0 Å². The van der Waals surface area contributed by atoms with E-state index in [1.165, 1.54) is 0 Å². The van der Waals surface area contributed by atoms with Gasteiger partial charge in [0, 0.05) is 12.5 Å². The second kappa shape index (κ2) is 5.50. The summed E-state index contributed by atoms with van der Waals surface area (Å²) < 4.78 is 0. The first kappa shape index (κ1) is 12.5. The van der Waals surface area contributed by atoms with E-state index in [0.717, 1.165) is 17.8 Å². The van der Waals surface area contributed by atoms with Gasteiger partial charge in [0.25, 0.3) is 0 Å². The molecule has 0 aliphatic carbocycles. The van der Waals surface area contributed by atoms with Gasteiger partial charge in [-0.1, -0.05) is 6.92 Å². The zero-order valence-electron chi connectivity index (χ0n) is 9.82. The Morgan fingerprint density at radius 3 is 2.62 bits per heavy atom. The molecule has 0 spiro atoms. The third-order valence-corrected chi connectivity index (χ3v) is 2.32. The first-order valence-corrected chi connectivity index (χ1v) is 5.26. The second-order valence-corrected chi connectivity index (χ2v) is 3.73. The molecule has 3 N–H and O–H groups in total. The number of amides is 1. The van der Waals surface area contributed by atoms with Crippen LogP contribution in [0.5, 0.6) is 0 Å². The van der Waals surface area contributed by atoms with E-state index in [4.69, 9.17) is 5.73 Å². The van der Waals surface area contributed by atoms with Crippen molar-refractivity contribution in [3.63, 3.8) is 0 Å². The molecule has 1 heterocycles. The molecule has 1 aromatic rings. The topological polar surface area (TPSA) is 93.8 Å². The molecule has 1 amide bonds. The predicted octanol–water partition coefficient (Wildman–Crippen LogP) is 0.554. The van der Waals surface area contributed by atoms with Crippen LogP contribution in [0.25, 0.3) is 0 Å².